The average Bonchev–Trinajstić information content (AvgIpc) is 2.51. The lowest BCUT2D eigenvalue weighted by Gasteiger charge is -2.35. The zero-order valence-electron chi connectivity index (χ0n) is 13.5. The summed E-state index contributed by atoms with van der Waals surface area (Å²) in [5.74, 6) is -1.55. The number of carbonyl (C=O) groups excluding carboxylic acids is 1. The van der Waals surface area contributed by atoms with Crippen LogP contribution in [0.3, 0.4) is 0 Å². The molecule has 0 unspecified atom stereocenters. The molecule has 1 aromatic carbocycles. The zero-order chi connectivity index (χ0) is 17.7. The molecule has 8 heteroatoms. The van der Waals surface area contributed by atoms with E-state index in [9.17, 15) is 14.0 Å². The number of anilines is 1. The monoisotopic (exact) mass is 357 g/mol. The summed E-state index contributed by atoms with van der Waals surface area (Å²) in [7, 11) is 1.80. The Balaban J connectivity index is 1.77. The Bertz CT molecular complexity index is 606. The first-order valence-electron chi connectivity index (χ1n) is 7.74. The zero-order valence-corrected chi connectivity index (χ0v) is 14.2. The van der Waals surface area contributed by atoms with Crippen LogP contribution in [0.15, 0.2) is 18.2 Å². The predicted octanol–water partition coefficient (Wildman–Crippen LogP) is 1.90. The van der Waals surface area contributed by atoms with Gasteiger partial charge in [-0.25, -0.2) is 4.39 Å². The van der Waals surface area contributed by atoms with Gasteiger partial charge in [-0.05, 0) is 38.1 Å². The highest BCUT2D eigenvalue weighted by molar-refractivity contribution is 6.31. The van der Waals surface area contributed by atoms with E-state index in [1.165, 1.54) is 18.2 Å². The molecule has 24 heavy (non-hydrogen) atoms. The van der Waals surface area contributed by atoms with Crippen LogP contribution in [0, 0.1) is 5.82 Å². The number of likely N-dealkylation sites (tertiary alicyclic amines) is 1. The molecule has 1 fully saturated rings. The number of nitrogens with zero attached hydrogens (tertiary/aromatic N) is 2. The number of nitrogens with one attached hydrogen (secondary N) is 1. The highest BCUT2D eigenvalue weighted by Gasteiger charge is 2.24. The van der Waals surface area contributed by atoms with E-state index in [1.54, 1.807) is 7.05 Å². The number of piperidine rings is 1. The van der Waals surface area contributed by atoms with Crippen LogP contribution in [0.25, 0.3) is 0 Å². The first kappa shape index (κ1) is 18.6. The average molecular weight is 358 g/mol. The number of hydrogen-bond acceptors (Lipinski definition) is 4. The van der Waals surface area contributed by atoms with Gasteiger partial charge in [-0.3, -0.25) is 19.4 Å². The number of carboxylic acid groups (broad SMARTS) is 1. The highest BCUT2D eigenvalue weighted by Crippen LogP contribution is 2.20. The van der Waals surface area contributed by atoms with E-state index in [2.05, 4.69) is 5.32 Å². The minimum atomic E-state index is -0.836. The molecule has 1 aliphatic heterocycles. The van der Waals surface area contributed by atoms with Crippen molar-refractivity contribution < 1.29 is 19.1 Å². The summed E-state index contributed by atoms with van der Waals surface area (Å²) in [6.07, 6.45) is 1.64. The quantitative estimate of drug-likeness (QED) is 0.813. The van der Waals surface area contributed by atoms with Crippen molar-refractivity contribution in [2.75, 3.05) is 38.5 Å². The maximum atomic E-state index is 13.1. The Kier molecular flexibility index (Phi) is 6.53. The van der Waals surface area contributed by atoms with Gasteiger partial charge in [-0.1, -0.05) is 11.6 Å². The summed E-state index contributed by atoms with van der Waals surface area (Å²) in [6, 6.07) is 4.27. The first-order chi connectivity index (χ1) is 11.3. The topological polar surface area (TPSA) is 72.9 Å². The number of hydrogen-bond donors (Lipinski definition) is 2. The Morgan fingerprint density at radius 1 is 1.42 bits per heavy atom. The molecule has 0 aromatic heterocycles. The van der Waals surface area contributed by atoms with Crippen LogP contribution < -0.4 is 5.32 Å². The van der Waals surface area contributed by atoms with Crippen molar-refractivity contribution in [3.8, 4) is 0 Å². The van der Waals surface area contributed by atoms with E-state index in [-0.39, 0.29) is 30.1 Å². The molecule has 1 saturated heterocycles. The van der Waals surface area contributed by atoms with Crippen LogP contribution in [-0.2, 0) is 9.59 Å². The second kappa shape index (κ2) is 8.41. The van der Waals surface area contributed by atoms with Crippen molar-refractivity contribution in [3.63, 3.8) is 0 Å². The van der Waals surface area contributed by atoms with Gasteiger partial charge in [0.05, 0.1) is 18.1 Å². The van der Waals surface area contributed by atoms with Gasteiger partial charge in [0.25, 0.3) is 0 Å². The van der Waals surface area contributed by atoms with Crippen LogP contribution in [0.2, 0.25) is 5.02 Å². The maximum absolute atomic E-state index is 13.1. The third kappa shape index (κ3) is 5.43. The van der Waals surface area contributed by atoms with Crippen molar-refractivity contribution >= 4 is 29.2 Å². The van der Waals surface area contributed by atoms with Crippen LogP contribution in [-0.4, -0.2) is 66.1 Å². The van der Waals surface area contributed by atoms with Crippen molar-refractivity contribution in [3.05, 3.63) is 29.0 Å². The number of aliphatic carboxylic acids is 1. The van der Waals surface area contributed by atoms with Crippen molar-refractivity contribution in [2.45, 2.75) is 18.9 Å². The molecule has 0 aliphatic carbocycles. The van der Waals surface area contributed by atoms with Gasteiger partial charge >= 0.3 is 5.97 Å². The molecule has 0 spiro atoms. The summed E-state index contributed by atoms with van der Waals surface area (Å²) >= 11 is 5.69. The van der Waals surface area contributed by atoms with E-state index < -0.39 is 11.8 Å². The lowest BCUT2D eigenvalue weighted by atomic mass is 10.0. The number of halogens is 2. The minimum Gasteiger partial charge on any atom is -0.480 e. The number of carboxylic acids is 1. The number of likely N-dealkylation sites (N-methyl/N-ethyl adjacent to an activating group) is 1. The van der Waals surface area contributed by atoms with Gasteiger partial charge in [0, 0.05) is 24.8 Å². The number of carbonyl (C=O) groups is 2. The maximum Gasteiger partial charge on any atom is 0.317 e. The lowest BCUT2D eigenvalue weighted by molar-refractivity contribution is -0.138. The van der Waals surface area contributed by atoms with Gasteiger partial charge in [-0.2, -0.15) is 0 Å². The third-order valence-electron chi connectivity index (χ3n) is 4.14. The van der Waals surface area contributed by atoms with Gasteiger partial charge in [0.2, 0.25) is 5.91 Å². The molecule has 1 heterocycles. The van der Waals surface area contributed by atoms with Gasteiger partial charge in [0.15, 0.2) is 0 Å². The second-order valence-electron chi connectivity index (χ2n) is 5.99. The summed E-state index contributed by atoms with van der Waals surface area (Å²) in [5, 5.41) is 11.5. The molecule has 0 radical (unpaired) electrons. The second-order valence-corrected chi connectivity index (χ2v) is 6.40. The summed E-state index contributed by atoms with van der Waals surface area (Å²) < 4.78 is 13.1. The number of benzene rings is 1. The normalized spacial score (nSPS) is 16.3. The molecule has 1 amide bonds. The Labute approximate surface area is 145 Å². The largest absolute Gasteiger partial charge is 0.480 e. The molecule has 0 atom stereocenters. The highest BCUT2D eigenvalue weighted by atomic mass is 35.5. The standard InChI is InChI=1S/C16H21ClFN3O3/c1-20(10-16(23)24)12-4-6-21(7-5-12)9-15(22)19-11-2-3-14(18)13(17)8-11/h2-3,8,12H,4-7,9-10H2,1H3,(H,19,22)(H,23,24). The van der Waals surface area contributed by atoms with E-state index in [0.717, 1.165) is 25.9 Å². The Morgan fingerprint density at radius 3 is 2.67 bits per heavy atom. The van der Waals surface area contributed by atoms with Gasteiger partial charge in [0.1, 0.15) is 5.82 Å². The molecule has 0 bridgehead atoms. The van der Waals surface area contributed by atoms with E-state index in [1.807, 2.05) is 9.80 Å². The smallest absolute Gasteiger partial charge is 0.317 e. The van der Waals surface area contributed by atoms with E-state index >= 15 is 0 Å². The van der Waals surface area contributed by atoms with Crippen molar-refractivity contribution in [1.82, 2.24) is 9.80 Å². The predicted molar refractivity (Wildman–Crippen MR) is 89.8 cm³/mol. The summed E-state index contributed by atoms with van der Waals surface area (Å²) in [5.41, 5.74) is 0.461. The Hall–Kier alpha value is -1.70. The Morgan fingerprint density at radius 2 is 2.08 bits per heavy atom. The van der Waals surface area contributed by atoms with Crippen molar-refractivity contribution in [2.24, 2.45) is 0 Å². The summed E-state index contributed by atoms with van der Waals surface area (Å²) in [6.45, 7) is 1.72. The first-order valence-corrected chi connectivity index (χ1v) is 8.12. The molecule has 0 saturated carbocycles. The van der Waals surface area contributed by atoms with E-state index in [0.29, 0.717) is 5.69 Å². The molecule has 2 rings (SSSR count). The fourth-order valence-electron chi connectivity index (χ4n) is 2.84. The number of rotatable bonds is 6. The van der Waals surface area contributed by atoms with Crippen molar-refractivity contribution in [1.29, 1.82) is 0 Å². The molecular weight excluding hydrogens is 337 g/mol. The molecule has 132 valence electrons. The van der Waals surface area contributed by atoms with Crippen LogP contribution in [0.5, 0.6) is 0 Å². The molecule has 1 aliphatic rings. The van der Waals surface area contributed by atoms with Gasteiger partial charge < -0.3 is 10.4 Å². The number of amides is 1. The lowest BCUT2D eigenvalue weighted by Crippen LogP contribution is -2.46. The fourth-order valence-corrected chi connectivity index (χ4v) is 3.02. The summed E-state index contributed by atoms with van der Waals surface area (Å²) in [4.78, 5) is 26.7. The molecular formula is C16H21ClFN3O3. The SMILES string of the molecule is CN(CC(=O)O)C1CCN(CC(=O)Nc2ccc(F)c(Cl)c2)CC1. The minimum absolute atomic E-state index is 0.0243. The molecule has 2 N–H and O–H groups in total. The molecule has 6 nitrogen and oxygen atoms in total. The molecule has 1 aromatic rings. The van der Waals surface area contributed by atoms with E-state index in [4.69, 9.17) is 16.7 Å². The van der Waals surface area contributed by atoms with Crippen LogP contribution in [0.1, 0.15) is 12.8 Å². The van der Waals surface area contributed by atoms with Gasteiger partial charge in [-0.15, -0.1) is 0 Å². The van der Waals surface area contributed by atoms with Crippen LogP contribution in [0.4, 0.5) is 10.1 Å². The fraction of sp³-hybridized carbons (Fsp3) is 0.500. The third-order valence-corrected chi connectivity index (χ3v) is 4.43. The van der Waals surface area contributed by atoms with Crippen LogP contribution >= 0.6 is 11.6 Å².